The Morgan fingerprint density at radius 2 is 2.18 bits per heavy atom. The number of rotatable bonds is 3. The lowest BCUT2D eigenvalue weighted by atomic mass is 10.1. The Balaban J connectivity index is 2.02. The van der Waals surface area contributed by atoms with Crippen LogP contribution < -0.4 is 5.56 Å². The molecule has 0 aliphatic heterocycles. The van der Waals surface area contributed by atoms with Gasteiger partial charge in [-0.05, 0) is 23.8 Å². The van der Waals surface area contributed by atoms with Gasteiger partial charge in [-0.15, -0.1) is 11.3 Å². The van der Waals surface area contributed by atoms with Crippen molar-refractivity contribution in [1.29, 1.82) is 0 Å². The van der Waals surface area contributed by atoms with Crippen LogP contribution in [0.2, 0.25) is 5.02 Å². The second-order valence-electron chi connectivity index (χ2n) is 4.57. The normalized spacial score (nSPS) is 11.0. The number of nitrogens with zero attached hydrogens (tertiary/aromatic N) is 1. The van der Waals surface area contributed by atoms with E-state index in [4.69, 9.17) is 16.7 Å². The van der Waals surface area contributed by atoms with Crippen molar-refractivity contribution >= 4 is 39.1 Å². The van der Waals surface area contributed by atoms with Crippen LogP contribution in [0, 0.1) is 5.82 Å². The number of nitrogens with one attached hydrogen (secondary N) is 1. The fraction of sp³-hybridized carbons (Fsp3) is 0.0714. The standard InChI is InChI=1S/C14H8ClFN2O3S/c15-7-2-1-6(3-8(7)16)4-11-17-9-5-10(14(20)21)22-12(9)13(19)18-11/h1-3,5H,4H2,(H,20,21)(H,17,18,19). The van der Waals surface area contributed by atoms with E-state index in [1.165, 1.54) is 18.2 Å². The van der Waals surface area contributed by atoms with E-state index in [-0.39, 0.29) is 21.0 Å². The third-order valence-corrected chi connectivity index (χ3v) is 4.42. The number of carboxylic acid groups (broad SMARTS) is 1. The van der Waals surface area contributed by atoms with Crippen molar-refractivity contribution in [3.63, 3.8) is 0 Å². The number of hydrogen-bond donors (Lipinski definition) is 2. The van der Waals surface area contributed by atoms with Crippen molar-refractivity contribution in [3.8, 4) is 0 Å². The number of fused-ring (bicyclic) bond motifs is 1. The summed E-state index contributed by atoms with van der Waals surface area (Å²) in [6.45, 7) is 0. The zero-order valence-corrected chi connectivity index (χ0v) is 12.5. The number of H-pyrrole nitrogens is 1. The van der Waals surface area contributed by atoms with E-state index >= 15 is 0 Å². The first-order valence-electron chi connectivity index (χ1n) is 6.14. The molecule has 0 aliphatic carbocycles. The van der Waals surface area contributed by atoms with Gasteiger partial charge in [-0.25, -0.2) is 14.2 Å². The predicted molar refractivity (Wildman–Crippen MR) is 81.4 cm³/mol. The minimum atomic E-state index is -1.11. The van der Waals surface area contributed by atoms with Crippen molar-refractivity contribution < 1.29 is 14.3 Å². The smallest absolute Gasteiger partial charge is 0.345 e. The second-order valence-corrected chi connectivity index (χ2v) is 6.03. The van der Waals surface area contributed by atoms with Crippen LogP contribution >= 0.6 is 22.9 Å². The molecule has 0 amide bonds. The summed E-state index contributed by atoms with van der Waals surface area (Å²) in [5.41, 5.74) is 0.501. The fourth-order valence-electron chi connectivity index (χ4n) is 2.02. The largest absolute Gasteiger partial charge is 0.477 e. The lowest BCUT2D eigenvalue weighted by molar-refractivity contribution is 0.0702. The summed E-state index contributed by atoms with van der Waals surface area (Å²) < 4.78 is 13.7. The predicted octanol–water partition coefficient (Wildman–Crippen LogP) is 3.07. The molecule has 112 valence electrons. The quantitative estimate of drug-likeness (QED) is 0.768. The highest BCUT2D eigenvalue weighted by Gasteiger charge is 2.13. The Kier molecular flexibility index (Phi) is 3.67. The van der Waals surface area contributed by atoms with E-state index in [1.54, 1.807) is 6.07 Å². The molecule has 2 N–H and O–H groups in total. The van der Waals surface area contributed by atoms with Gasteiger partial charge in [0, 0.05) is 6.42 Å². The molecule has 0 aliphatic rings. The second kappa shape index (κ2) is 5.51. The molecule has 5 nitrogen and oxygen atoms in total. The first-order valence-corrected chi connectivity index (χ1v) is 7.33. The third-order valence-electron chi connectivity index (χ3n) is 3.00. The number of hydrogen-bond acceptors (Lipinski definition) is 4. The maximum atomic E-state index is 13.4. The van der Waals surface area contributed by atoms with Gasteiger partial charge < -0.3 is 10.1 Å². The number of aromatic carboxylic acids is 1. The Bertz CT molecular complexity index is 951. The molecule has 2 aromatic heterocycles. The molecule has 0 bridgehead atoms. The first kappa shape index (κ1) is 14.7. The Labute approximate surface area is 132 Å². The van der Waals surface area contributed by atoms with Gasteiger partial charge in [0.2, 0.25) is 0 Å². The van der Waals surface area contributed by atoms with E-state index in [0.717, 1.165) is 11.3 Å². The van der Waals surface area contributed by atoms with Gasteiger partial charge in [0.15, 0.2) is 0 Å². The van der Waals surface area contributed by atoms with Gasteiger partial charge in [0.05, 0.1) is 10.5 Å². The topological polar surface area (TPSA) is 83.0 Å². The Morgan fingerprint density at radius 3 is 2.86 bits per heavy atom. The minimum absolute atomic E-state index is 0.0181. The van der Waals surface area contributed by atoms with Crippen LogP contribution in [-0.2, 0) is 6.42 Å². The Morgan fingerprint density at radius 1 is 1.41 bits per heavy atom. The van der Waals surface area contributed by atoms with Gasteiger partial charge in [0.25, 0.3) is 5.56 Å². The molecule has 0 saturated carbocycles. The highest BCUT2D eigenvalue weighted by atomic mass is 35.5. The van der Waals surface area contributed by atoms with Crippen molar-refractivity contribution in [2.75, 3.05) is 0 Å². The number of thiophene rings is 1. The third kappa shape index (κ3) is 2.72. The molecule has 3 aromatic rings. The summed E-state index contributed by atoms with van der Waals surface area (Å²) in [4.78, 5) is 29.8. The molecule has 8 heteroatoms. The van der Waals surface area contributed by atoms with Crippen LogP contribution in [0.4, 0.5) is 4.39 Å². The van der Waals surface area contributed by atoms with Gasteiger partial charge in [-0.2, -0.15) is 0 Å². The number of carbonyl (C=O) groups is 1. The molecule has 0 saturated heterocycles. The van der Waals surface area contributed by atoms with Crippen LogP contribution in [0.3, 0.4) is 0 Å². The summed E-state index contributed by atoms with van der Waals surface area (Å²) in [6, 6.07) is 5.67. The highest BCUT2D eigenvalue weighted by molar-refractivity contribution is 7.20. The zero-order chi connectivity index (χ0) is 15.9. The van der Waals surface area contributed by atoms with Crippen LogP contribution in [0.5, 0.6) is 0 Å². The van der Waals surface area contributed by atoms with Crippen LogP contribution in [0.25, 0.3) is 10.2 Å². The van der Waals surface area contributed by atoms with E-state index in [2.05, 4.69) is 9.97 Å². The van der Waals surface area contributed by atoms with Gasteiger partial charge >= 0.3 is 5.97 Å². The molecule has 1 aromatic carbocycles. The minimum Gasteiger partial charge on any atom is -0.477 e. The zero-order valence-electron chi connectivity index (χ0n) is 10.9. The van der Waals surface area contributed by atoms with Crippen molar-refractivity contribution in [3.05, 3.63) is 61.7 Å². The molecule has 3 rings (SSSR count). The molecular formula is C14H8ClFN2O3S. The maximum absolute atomic E-state index is 13.4. The molecule has 0 fully saturated rings. The first-order chi connectivity index (χ1) is 10.4. The van der Waals surface area contributed by atoms with Crippen LogP contribution in [0.15, 0.2) is 29.1 Å². The maximum Gasteiger partial charge on any atom is 0.345 e. The molecule has 0 radical (unpaired) electrons. The van der Waals surface area contributed by atoms with Gasteiger partial charge in [0.1, 0.15) is 21.2 Å². The molecule has 0 spiro atoms. The van der Waals surface area contributed by atoms with Crippen molar-refractivity contribution in [2.24, 2.45) is 0 Å². The average molecular weight is 339 g/mol. The Hall–Kier alpha value is -2.25. The number of aromatic nitrogens is 2. The number of aromatic amines is 1. The van der Waals surface area contributed by atoms with Crippen LogP contribution in [0.1, 0.15) is 21.1 Å². The van der Waals surface area contributed by atoms with E-state index in [9.17, 15) is 14.0 Å². The number of benzene rings is 1. The van der Waals surface area contributed by atoms with E-state index in [0.29, 0.717) is 16.9 Å². The summed E-state index contributed by atoms with van der Waals surface area (Å²) in [5.74, 6) is -1.33. The average Bonchev–Trinajstić information content (AvgIpc) is 2.88. The fourth-order valence-corrected chi connectivity index (χ4v) is 2.97. The van der Waals surface area contributed by atoms with Gasteiger partial charge in [-0.1, -0.05) is 17.7 Å². The monoisotopic (exact) mass is 338 g/mol. The van der Waals surface area contributed by atoms with Crippen molar-refractivity contribution in [1.82, 2.24) is 9.97 Å². The van der Waals surface area contributed by atoms with Crippen molar-refractivity contribution in [2.45, 2.75) is 6.42 Å². The molecular weight excluding hydrogens is 331 g/mol. The summed E-state index contributed by atoms with van der Waals surface area (Å²) in [7, 11) is 0. The molecule has 0 atom stereocenters. The summed E-state index contributed by atoms with van der Waals surface area (Å²) >= 11 is 6.48. The van der Waals surface area contributed by atoms with Crippen LogP contribution in [-0.4, -0.2) is 21.0 Å². The summed E-state index contributed by atoms with van der Waals surface area (Å²) in [5, 5.41) is 8.97. The highest BCUT2D eigenvalue weighted by Crippen LogP contribution is 2.22. The lowest BCUT2D eigenvalue weighted by Gasteiger charge is -2.02. The SMILES string of the molecule is O=C(O)c1cc2nc(Cc3ccc(Cl)c(F)c3)[nH]c(=O)c2s1. The number of carboxylic acids is 1. The molecule has 22 heavy (non-hydrogen) atoms. The van der Waals surface area contributed by atoms with E-state index in [1.807, 2.05) is 0 Å². The lowest BCUT2D eigenvalue weighted by Crippen LogP contribution is -2.10. The summed E-state index contributed by atoms with van der Waals surface area (Å²) in [6.07, 6.45) is 0.206. The van der Waals surface area contributed by atoms with Gasteiger partial charge in [-0.3, -0.25) is 4.79 Å². The number of halogens is 2. The molecule has 0 unspecified atom stereocenters. The van der Waals surface area contributed by atoms with E-state index < -0.39 is 17.3 Å². The molecule has 2 heterocycles.